The summed E-state index contributed by atoms with van der Waals surface area (Å²) in [5.74, 6) is -3.57. The molecule has 2 N–H and O–H groups in total. The zero-order valence-electron chi connectivity index (χ0n) is 13.0. The van der Waals surface area contributed by atoms with Gasteiger partial charge in [0.05, 0.1) is 30.3 Å². The van der Waals surface area contributed by atoms with Crippen molar-refractivity contribution in [2.75, 3.05) is 11.9 Å². The van der Waals surface area contributed by atoms with Gasteiger partial charge in [0.25, 0.3) is 0 Å². The average molecular weight is 331 g/mol. The van der Waals surface area contributed by atoms with E-state index < -0.39 is 41.9 Å². The molecule has 1 saturated heterocycles. The van der Waals surface area contributed by atoms with Crippen molar-refractivity contribution in [1.82, 2.24) is 0 Å². The predicted octanol–water partition coefficient (Wildman–Crippen LogP) is 1.46. The molecule has 7 nitrogen and oxygen atoms in total. The van der Waals surface area contributed by atoms with E-state index in [2.05, 4.69) is 5.32 Å². The summed E-state index contributed by atoms with van der Waals surface area (Å²) in [5, 5.41) is 12.0. The molecule has 0 saturated carbocycles. The van der Waals surface area contributed by atoms with Gasteiger partial charge in [-0.15, -0.1) is 0 Å². The monoisotopic (exact) mass is 331 g/mol. The Hall–Kier alpha value is -2.67. The smallest absolute Gasteiger partial charge is 0.338 e. The van der Waals surface area contributed by atoms with Crippen molar-refractivity contribution in [2.24, 2.45) is 11.8 Å². The van der Waals surface area contributed by atoms with E-state index in [0.717, 1.165) is 0 Å². The van der Waals surface area contributed by atoms with Gasteiger partial charge in [-0.3, -0.25) is 9.59 Å². The van der Waals surface area contributed by atoms with Crippen LogP contribution in [0.5, 0.6) is 0 Å². The Labute approximate surface area is 138 Å². The molecule has 7 heteroatoms. The second kappa shape index (κ2) is 6.45. The van der Waals surface area contributed by atoms with Gasteiger partial charge in [-0.25, -0.2) is 4.79 Å². The molecule has 0 aromatic heterocycles. The lowest BCUT2D eigenvalue weighted by atomic mass is 9.82. The van der Waals surface area contributed by atoms with Crippen molar-refractivity contribution in [2.45, 2.75) is 19.1 Å². The summed E-state index contributed by atoms with van der Waals surface area (Å²) in [4.78, 5) is 35.4. The molecule has 0 radical (unpaired) electrons. The second-order valence-corrected chi connectivity index (χ2v) is 5.63. The number of carbonyl (C=O) groups is 3. The normalized spacial score (nSPS) is 27.0. The molecule has 0 unspecified atom stereocenters. The molecule has 0 spiro atoms. The largest absolute Gasteiger partial charge is 0.481 e. The number of carbonyl (C=O) groups excluding carboxylic acids is 2. The number of hydrogen-bond donors (Lipinski definition) is 2. The molecule has 126 valence electrons. The molecule has 1 aromatic rings. The van der Waals surface area contributed by atoms with Gasteiger partial charge >= 0.3 is 11.9 Å². The molecule has 1 fully saturated rings. The van der Waals surface area contributed by atoms with E-state index in [-0.39, 0.29) is 6.61 Å². The zero-order valence-corrected chi connectivity index (χ0v) is 13.0. The van der Waals surface area contributed by atoms with Crippen LogP contribution in [0.2, 0.25) is 0 Å². The van der Waals surface area contributed by atoms with Crippen LogP contribution >= 0.6 is 0 Å². The van der Waals surface area contributed by atoms with Crippen molar-refractivity contribution in [3.63, 3.8) is 0 Å². The summed E-state index contributed by atoms with van der Waals surface area (Å²) in [6.45, 7) is 2.00. The summed E-state index contributed by atoms with van der Waals surface area (Å²) >= 11 is 0. The third kappa shape index (κ3) is 2.90. The molecule has 1 amide bonds. The van der Waals surface area contributed by atoms with Gasteiger partial charge in [0.2, 0.25) is 5.91 Å². The number of rotatable bonds is 5. The molecule has 2 aliphatic heterocycles. The van der Waals surface area contributed by atoms with Crippen LogP contribution < -0.4 is 5.32 Å². The van der Waals surface area contributed by atoms with Gasteiger partial charge in [-0.05, 0) is 31.2 Å². The number of esters is 1. The Morgan fingerprint density at radius 2 is 1.75 bits per heavy atom. The zero-order chi connectivity index (χ0) is 17.3. The Bertz CT molecular complexity index is 696. The number of nitrogens with one attached hydrogen (secondary N) is 1. The minimum Gasteiger partial charge on any atom is -0.481 e. The second-order valence-electron chi connectivity index (χ2n) is 5.63. The maximum absolute atomic E-state index is 12.5. The third-order valence-corrected chi connectivity index (χ3v) is 4.15. The van der Waals surface area contributed by atoms with Gasteiger partial charge in [-0.1, -0.05) is 12.2 Å². The lowest BCUT2D eigenvalue weighted by Crippen LogP contribution is -2.39. The minimum atomic E-state index is -1.05. The summed E-state index contributed by atoms with van der Waals surface area (Å²) in [7, 11) is 0. The van der Waals surface area contributed by atoms with E-state index >= 15 is 0 Å². The molecule has 2 bridgehead atoms. The summed E-state index contributed by atoms with van der Waals surface area (Å²) in [6, 6.07) is 6.23. The van der Waals surface area contributed by atoms with Crippen molar-refractivity contribution in [3.05, 3.63) is 42.0 Å². The van der Waals surface area contributed by atoms with Crippen LogP contribution in [0.15, 0.2) is 36.4 Å². The van der Waals surface area contributed by atoms with E-state index in [9.17, 15) is 19.5 Å². The molecular formula is C17H17NO6. The Kier molecular flexibility index (Phi) is 4.35. The fraction of sp³-hybridized carbons (Fsp3) is 0.353. The summed E-state index contributed by atoms with van der Waals surface area (Å²) in [6.07, 6.45) is 2.32. The molecule has 3 rings (SSSR count). The molecule has 0 aliphatic carbocycles. The first kappa shape index (κ1) is 16.2. The Balaban J connectivity index is 1.70. The third-order valence-electron chi connectivity index (χ3n) is 4.15. The summed E-state index contributed by atoms with van der Waals surface area (Å²) < 4.78 is 10.4. The first-order valence-electron chi connectivity index (χ1n) is 7.66. The average Bonchev–Trinajstić information content (AvgIpc) is 3.16. The minimum absolute atomic E-state index is 0.283. The van der Waals surface area contributed by atoms with Gasteiger partial charge < -0.3 is 19.9 Å². The standard InChI is InChI=1S/C17H17NO6/c1-2-23-17(22)9-3-5-10(6-4-9)18-15(19)13-11-7-8-12(24-11)14(13)16(20)21/h3-8,11-14H,2H2,1H3,(H,18,19)(H,20,21)/t11-,12-,13-,14-/m1/s1. The molecule has 4 atom stereocenters. The van der Waals surface area contributed by atoms with Gasteiger partial charge in [0.1, 0.15) is 5.92 Å². The number of ether oxygens (including phenoxy) is 2. The van der Waals surface area contributed by atoms with E-state index in [1.165, 1.54) is 0 Å². The Morgan fingerprint density at radius 1 is 1.12 bits per heavy atom. The van der Waals surface area contributed by atoms with Crippen LogP contribution in [0.1, 0.15) is 17.3 Å². The van der Waals surface area contributed by atoms with Crippen LogP contribution in [0.4, 0.5) is 5.69 Å². The van der Waals surface area contributed by atoms with E-state index in [4.69, 9.17) is 9.47 Å². The number of aliphatic carboxylic acids is 1. The Morgan fingerprint density at radius 3 is 2.33 bits per heavy atom. The number of fused-ring (bicyclic) bond motifs is 2. The SMILES string of the molecule is CCOC(=O)c1ccc(NC(=O)[C@H]2[C@H](C(=O)O)[C@H]3C=C[C@H]2O3)cc1. The van der Waals surface area contributed by atoms with Crippen molar-refractivity contribution in [1.29, 1.82) is 0 Å². The maximum Gasteiger partial charge on any atom is 0.338 e. The van der Waals surface area contributed by atoms with Gasteiger partial charge in [0, 0.05) is 5.69 Å². The predicted molar refractivity (Wildman–Crippen MR) is 83.4 cm³/mol. The highest BCUT2D eigenvalue weighted by molar-refractivity contribution is 5.97. The first-order valence-corrected chi connectivity index (χ1v) is 7.66. The van der Waals surface area contributed by atoms with Crippen LogP contribution in [0.25, 0.3) is 0 Å². The maximum atomic E-state index is 12.5. The highest BCUT2D eigenvalue weighted by Crippen LogP contribution is 2.39. The fourth-order valence-corrected chi connectivity index (χ4v) is 3.04. The van der Waals surface area contributed by atoms with Crippen LogP contribution in [-0.2, 0) is 19.1 Å². The van der Waals surface area contributed by atoms with Crippen LogP contribution in [0, 0.1) is 11.8 Å². The fourth-order valence-electron chi connectivity index (χ4n) is 3.04. The highest BCUT2D eigenvalue weighted by Gasteiger charge is 2.53. The number of carboxylic acid groups (broad SMARTS) is 1. The van der Waals surface area contributed by atoms with Crippen LogP contribution in [0.3, 0.4) is 0 Å². The number of hydrogen-bond acceptors (Lipinski definition) is 5. The molecule has 2 heterocycles. The van der Waals surface area contributed by atoms with Crippen molar-refractivity contribution >= 4 is 23.5 Å². The van der Waals surface area contributed by atoms with Gasteiger partial charge in [0.15, 0.2) is 0 Å². The van der Waals surface area contributed by atoms with Crippen molar-refractivity contribution < 1.29 is 29.0 Å². The van der Waals surface area contributed by atoms with E-state index in [0.29, 0.717) is 11.3 Å². The lowest BCUT2D eigenvalue weighted by Gasteiger charge is -2.21. The topological polar surface area (TPSA) is 102 Å². The number of benzene rings is 1. The first-order chi connectivity index (χ1) is 11.5. The molecular weight excluding hydrogens is 314 g/mol. The number of amides is 1. The lowest BCUT2D eigenvalue weighted by molar-refractivity contribution is -0.145. The molecule has 1 aromatic carbocycles. The highest BCUT2D eigenvalue weighted by atomic mass is 16.5. The van der Waals surface area contributed by atoms with E-state index in [1.54, 1.807) is 43.3 Å². The van der Waals surface area contributed by atoms with Gasteiger partial charge in [-0.2, -0.15) is 0 Å². The molecule has 24 heavy (non-hydrogen) atoms. The van der Waals surface area contributed by atoms with Crippen LogP contribution in [-0.4, -0.2) is 41.8 Å². The molecule has 2 aliphatic rings. The number of carboxylic acids is 1. The van der Waals surface area contributed by atoms with Crippen molar-refractivity contribution in [3.8, 4) is 0 Å². The summed E-state index contributed by atoms with van der Waals surface area (Å²) in [5.41, 5.74) is 0.855. The quantitative estimate of drug-likeness (QED) is 0.625. The number of anilines is 1. The van der Waals surface area contributed by atoms with E-state index in [1.807, 2.05) is 0 Å².